The van der Waals surface area contributed by atoms with Crippen LogP contribution in [-0.2, 0) is 16.1 Å². The van der Waals surface area contributed by atoms with Crippen molar-refractivity contribution in [2.75, 3.05) is 11.9 Å². The molecule has 1 fully saturated rings. The van der Waals surface area contributed by atoms with E-state index >= 15 is 0 Å². The second-order valence-corrected chi connectivity index (χ2v) is 8.44. The second kappa shape index (κ2) is 9.30. The van der Waals surface area contributed by atoms with Crippen LogP contribution in [0.4, 0.5) is 18.9 Å². The fourth-order valence-electron chi connectivity index (χ4n) is 3.12. The van der Waals surface area contributed by atoms with Crippen molar-refractivity contribution in [3.8, 4) is 5.75 Å². The Balaban J connectivity index is 1.62. The molecule has 3 rings (SSSR count). The molecule has 1 N–H and O–H groups in total. The summed E-state index contributed by atoms with van der Waals surface area (Å²) in [6, 6.07) is 5.04. The van der Waals surface area contributed by atoms with Crippen LogP contribution in [0.3, 0.4) is 0 Å². The van der Waals surface area contributed by atoms with Gasteiger partial charge in [0, 0.05) is 18.0 Å². The number of halogens is 3. The van der Waals surface area contributed by atoms with Gasteiger partial charge in [0.1, 0.15) is 5.75 Å². The van der Waals surface area contributed by atoms with Crippen LogP contribution in [0.1, 0.15) is 31.2 Å². The summed E-state index contributed by atoms with van der Waals surface area (Å²) in [5, 5.41) is 3.00. The van der Waals surface area contributed by atoms with E-state index in [2.05, 4.69) is 19.6 Å². The van der Waals surface area contributed by atoms with Crippen molar-refractivity contribution in [3.63, 3.8) is 0 Å². The molecule has 30 heavy (non-hydrogen) atoms. The molecule has 0 bridgehead atoms. The lowest BCUT2D eigenvalue weighted by Gasteiger charge is -2.17. The van der Waals surface area contributed by atoms with Crippen LogP contribution >= 0.6 is 11.8 Å². The molecule has 2 unspecified atom stereocenters. The number of rotatable bonds is 7. The summed E-state index contributed by atoms with van der Waals surface area (Å²) >= 11 is 1.34. The first kappa shape index (κ1) is 22.5. The molecule has 10 heteroatoms. The third-order valence-electron chi connectivity index (χ3n) is 4.84. The minimum Gasteiger partial charge on any atom is -0.406 e. The van der Waals surface area contributed by atoms with Crippen molar-refractivity contribution < 1.29 is 27.4 Å². The summed E-state index contributed by atoms with van der Waals surface area (Å²) in [7, 11) is 0. The van der Waals surface area contributed by atoms with Gasteiger partial charge in [-0.15, -0.1) is 13.2 Å². The molecule has 6 nitrogen and oxygen atoms in total. The molecule has 0 radical (unpaired) electrons. The number of thioether (sulfide) groups is 1. The molecule has 1 saturated heterocycles. The van der Waals surface area contributed by atoms with Crippen LogP contribution < -0.4 is 10.1 Å². The van der Waals surface area contributed by atoms with Gasteiger partial charge < -0.3 is 19.4 Å². The van der Waals surface area contributed by atoms with E-state index in [1.807, 2.05) is 13.8 Å². The SMILES string of the molecule is Cc1nc(SC(C)C(=O)Nc2ccc(OC(F)(F)F)cc2)n(CC2CCCO2)c1C. The molecule has 0 saturated carbocycles. The lowest BCUT2D eigenvalue weighted by Crippen LogP contribution is -2.23. The number of anilines is 1. The zero-order chi connectivity index (χ0) is 21.9. The van der Waals surface area contributed by atoms with Gasteiger partial charge in [-0.2, -0.15) is 0 Å². The first-order valence-corrected chi connectivity index (χ1v) is 10.5. The number of aryl methyl sites for hydroxylation is 1. The molecule has 1 aromatic heterocycles. The number of carbonyl (C=O) groups excluding carboxylic acids is 1. The van der Waals surface area contributed by atoms with E-state index in [1.165, 1.54) is 23.9 Å². The zero-order valence-electron chi connectivity index (χ0n) is 17.0. The largest absolute Gasteiger partial charge is 0.573 e. The highest BCUT2D eigenvalue weighted by Gasteiger charge is 2.31. The first-order valence-electron chi connectivity index (χ1n) is 9.61. The van der Waals surface area contributed by atoms with Crippen molar-refractivity contribution >= 4 is 23.4 Å². The second-order valence-electron chi connectivity index (χ2n) is 7.13. The smallest absolute Gasteiger partial charge is 0.406 e. The maximum absolute atomic E-state index is 12.6. The molecule has 1 amide bonds. The number of hydrogen-bond donors (Lipinski definition) is 1. The Hall–Kier alpha value is -2.20. The van der Waals surface area contributed by atoms with E-state index in [1.54, 1.807) is 6.92 Å². The predicted molar refractivity (Wildman–Crippen MR) is 108 cm³/mol. The number of alkyl halides is 3. The Labute approximate surface area is 177 Å². The third kappa shape index (κ3) is 5.91. The number of nitrogens with zero attached hydrogens (tertiary/aromatic N) is 2. The molecule has 2 atom stereocenters. The van der Waals surface area contributed by atoms with Crippen molar-refractivity contribution in [1.29, 1.82) is 0 Å². The number of amides is 1. The van der Waals surface area contributed by atoms with E-state index in [-0.39, 0.29) is 17.8 Å². The van der Waals surface area contributed by atoms with Crippen LogP contribution in [-0.4, -0.2) is 39.8 Å². The number of hydrogen-bond acceptors (Lipinski definition) is 5. The highest BCUT2D eigenvalue weighted by molar-refractivity contribution is 8.00. The van der Waals surface area contributed by atoms with Crippen LogP contribution in [0.5, 0.6) is 5.75 Å². The quantitative estimate of drug-likeness (QED) is 0.629. The molecule has 164 valence electrons. The molecule has 0 aliphatic carbocycles. The highest BCUT2D eigenvalue weighted by Crippen LogP contribution is 2.28. The summed E-state index contributed by atoms with van der Waals surface area (Å²) in [6.07, 6.45) is -2.55. The van der Waals surface area contributed by atoms with Crippen molar-refractivity contribution in [2.45, 2.75) is 63.0 Å². The van der Waals surface area contributed by atoms with E-state index in [0.717, 1.165) is 48.1 Å². The first-order chi connectivity index (χ1) is 14.1. The molecule has 2 heterocycles. The van der Waals surface area contributed by atoms with Gasteiger partial charge in [-0.05, 0) is 57.9 Å². The molecule has 1 aliphatic rings. The predicted octanol–water partition coefficient (Wildman–Crippen LogP) is 4.70. The van der Waals surface area contributed by atoms with E-state index in [9.17, 15) is 18.0 Å². The van der Waals surface area contributed by atoms with Gasteiger partial charge in [0.2, 0.25) is 5.91 Å². The van der Waals surface area contributed by atoms with E-state index < -0.39 is 11.6 Å². The van der Waals surface area contributed by atoms with Crippen molar-refractivity contribution in [1.82, 2.24) is 9.55 Å². The van der Waals surface area contributed by atoms with Gasteiger partial charge >= 0.3 is 6.36 Å². The highest BCUT2D eigenvalue weighted by atomic mass is 32.2. The monoisotopic (exact) mass is 443 g/mol. The maximum atomic E-state index is 12.6. The van der Waals surface area contributed by atoms with Crippen LogP contribution in [0.15, 0.2) is 29.4 Å². The van der Waals surface area contributed by atoms with Crippen molar-refractivity contribution in [2.24, 2.45) is 0 Å². The molecule has 2 aromatic rings. The lowest BCUT2D eigenvalue weighted by molar-refractivity contribution is -0.274. The summed E-state index contributed by atoms with van der Waals surface area (Å²) in [5.41, 5.74) is 2.33. The van der Waals surface area contributed by atoms with Crippen LogP contribution in [0, 0.1) is 13.8 Å². The lowest BCUT2D eigenvalue weighted by atomic mass is 10.2. The van der Waals surface area contributed by atoms with Crippen LogP contribution in [0.2, 0.25) is 0 Å². The normalized spacial score (nSPS) is 17.7. The Bertz CT molecular complexity index is 878. The average Bonchev–Trinajstić information content (AvgIpc) is 3.26. The fourth-order valence-corrected chi connectivity index (χ4v) is 4.13. The number of ether oxygens (including phenoxy) is 2. The fraction of sp³-hybridized carbons (Fsp3) is 0.500. The van der Waals surface area contributed by atoms with Gasteiger partial charge in [0.25, 0.3) is 0 Å². The minimum atomic E-state index is -4.75. The van der Waals surface area contributed by atoms with Gasteiger partial charge in [0.05, 0.1) is 23.6 Å². The Kier molecular flexibility index (Phi) is 6.97. The van der Waals surface area contributed by atoms with E-state index in [4.69, 9.17) is 4.74 Å². The van der Waals surface area contributed by atoms with Crippen molar-refractivity contribution in [3.05, 3.63) is 35.7 Å². The minimum absolute atomic E-state index is 0.151. The maximum Gasteiger partial charge on any atom is 0.573 e. The van der Waals surface area contributed by atoms with Gasteiger partial charge in [-0.1, -0.05) is 11.8 Å². The Morgan fingerprint density at radius 2 is 2.07 bits per heavy atom. The summed E-state index contributed by atoms with van der Waals surface area (Å²) in [4.78, 5) is 17.2. The molecular weight excluding hydrogens is 419 g/mol. The standard InChI is InChI=1S/C20H24F3N3O3S/c1-12-13(2)26(11-17-5-4-10-28-17)19(24-12)30-14(3)18(27)25-15-6-8-16(9-7-15)29-20(21,22)23/h6-9,14,17H,4-5,10-11H2,1-3H3,(H,25,27). The van der Waals surface area contributed by atoms with Crippen LogP contribution in [0.25, 0.3) is 0 Å². The summed E-state index contributed by atoms with van der Waals surface area (Å²) in [5.74, 6) is -0.614. The molecular formula is C20H24F3N3O3S. The molecule has 0 spiro atoms. The number of nitrogens with one attached hydrogen (secondary N) is 1. The molecule has 1 aliphatic heterocycles. The molecule has 1 aromatic carbocycles. The van der Waals surface area contributed by atoms with Gasteiger partial charge in [-0.25, -0.2) is 4.98 Å². The number of imidazole rings is 1. The topological polar surface area (TPSA) is 65.4 Å². The summed E-state index contributed by atoms with van der Waals surface area (Å²) < 4.78 is 48.4. The number of benzene rings is 1. The number of carbonyl (C=O) groups is 1. The Morgan fingerprint density at radius 3 is 2.67 bits per heavy atom. The number of aromatic nitrogens is 2. The third-order valence-corrected chi connectivity index (χ3v) is 5.93. The van der Waals surface area contributed by atoms with E-state index in [0.29, 0.717) is 12.2 Å². The van der Waals surface area contributed by atoms with Gasteiger partial charge in [-0.3, -0.25) is 4.79 Å². The average molecular weight is 443 g/mol. The van der Waals surface area contributed by atoms with Gasteiger partial charge in [0.15, 0.2) is 5.16 Å². The Morgan fingerprint density at radius 1 is 1.37 bits per heavy atom. The zero-order valence-corrected chi connectivity index (χ0v) is 17.8. The summed E-state index contributed by atoms with van der Waals surface area (Å²) in [6.45, 7) is 7.16.